The third-order valence-electron chi connectivity index (χ3n) is 4.87. The van der Waals surface area contributed by atoms with Crippen LogP contribution in [0.3, 0.4) is 0 Å². The highest BCUT2D eigenvalue weighted by Gasteiger charge is 2.30. The maximum absolute atomic E-state index is 11.8. The minimum Gasteiger partial charge on any atom is -0.337 e. The van der Waals surface area contributed by atoms with Gasteiger partial charge in [-0.1, -0.05) is 11.6 Å². The molecule has 164 valence electrons. The van der Waals surface area contributed by atoms with Gasteiger partial charge >= 0.3 is 10.1 Å². The first-order valence-corrected chi connectivity index (χ1v) is 12.7. The summed E-state index contributed by atoms with van der Waals surface area (Å²) in [7, 11) is -2.32. The van der Waals surface area contributed by atoms with Gasteiger partial charge in [0.15, 0.2) is 4.21 Å². The maximum Gasteiger partial charge on any atom is 0.304 e. The lowest BCUT2D eigenvalue weighted by molar-refractivity contribution is -0.129. The zero-order valence-electron chi connectivity index (χ0n) is 16.8. The first-order chi connectivity index (χ1) is 14.6. The summed E-state index contributed by atoms with van der Waals surface area (Å²) < 4.78 is 31.9. The molecule has 0 radical (unpaired) electrons. The van der Waals surface area contributed by atoms with E-state index in [9.17, 15) is 13.2 Å². The van der Waals surface area contributed by atoms with Crippen molar-refractivity contribution < 1.29 is 17.8 Å². The van der Waals surface area contributed by atoms with Crippen LogP contribution in [-0.4, -0.2) is 43.4 Å². The predicted octanol–water partition coefficient (Wildman–Crippen LogP) is 4.05. The number of nitrogens with one attached hydrogen (secondary N) is 1. The van der Waals surface area contributed by atoms with Gasteiger partial charge in [-0.15, -0.1) is 22.7 Å². The molecule has 1 saturated heterocycles. The van der Waals surface area contributed by atoms with Gasteiger partial charge in [0.05, 0.1) is 6.04 Å². The fraction of sp³-hybridized carbons (Fsp3) is 0.300. The molecular formula is C20H20ClN3O4S3. The maximum atomic E-state index is 11.8. The number of nitriles is 1. The topological polar surface area (TPSA) is 111 Å². The Balaban J connectivity index is 0.000000176. The number of hydrogen-bond donors (Lipinski definition) is 2. The molecule has 0 aliphatic carbocycles. The van der Waals surface area contributed by atoms with E-state index in [-0.39, 0.29) is 16.2 Å². The Hall–Kier alpha value is -2.00. The molecule has 3 heterocycles. The average Bonchev–Trinajstić information content (AvgIpc) is 3.41. The Morgan fingerprint density at radius 1 is 1.39 bits per heavy atom. The van der Waals surface area contributed by atoms with E-state index >= 15 is 0 Å². The second-order valence-electron chi connectivity index (χ2n) is 6.95. The number of likely N-dealkylation sites (N-methyl/N-ethyl adjacent to an activating group) is 1. The number of halogens is 1. The molecule has 7 nitrogen and oxygen atoms in total. The summed E-state index contributed by atoms with van der Waals surface area (Å²) in [6.45, 7) is 3.07. The van der Waals surface area contributed by atoms with Gasteiger partial charge in [0.25, 0.3) is 0 Å². The van der Waals surface area contributed by atoms with Crippen LogP contribution >= 0.6 is 34.3 Å². The first kappa shape index (κ1) is 23.7. The van der Waals surface area contributed by atoms with E-state index in [1.807, 2.05) is 23.4 Å². The van der Waals surface area contributed by atoms with E-state index < -0.39 is 10.1 Å². The lowest BCUT2D eigenvalue weighted by atomic mass is 10.2. The standard InChI is InChI=1S/C11H13N3OS.C9H7ClO3S2/c1-13-10-2-3-14(11(10)15)6-8-4-9(5-12)16-7-8;1-5-7-4-6(10)2-3-8(7)14-9(5)15(11,12)13/h4,7,10,13H,2-3,6H2,1H3;2-4H,1H3,(H,11,12,13)/t10-;/m0./s1. The molecule has 1 aliphatic rings. The fourth-order valence-corrected chi connectivity index (χ4v) is 6.29. The van der Waals surface area contributed by atoms with Crippen molar-refractivity contribution in [3.63, 3.8) is 0 Å². The van der Waals surface area contributed by atoms with Crippen LogP contribution in [0.1, 0.15) is 22.4 Å². The van der Waals surface area contributed by atoms with Crippen LogP contribution in [0.15, 0.2) is 33.9 Å². The Kier molecular flexibility index (Phi) is 7.36. The minimum atomic E-state index is -4.13. The largest absolute Gasteiger partial charge is 0.337 e. The van der Waals surface area contributed by atoms with Crippen LogP contribution in [0.25, 0.3) is 10.1 Å². The van der Waals surface area contributed by atoms with Crippen molar-refractivity contribution in [2.75, 3.05) is 13.6 Å². The second kappa shape index (κ2) is 9.65. The van der Waals surface area contributed by atoms with Crippen molar-refractivity contribution >= 4 is 60.4 Å². The van der Waals surface area contributed by atoms with Gasteiger partial charge in [0, 0.05) is 22.8 Å². The Labute approximate surface area is 193 Å². The summed E-state index contributed by atoms with van der Waals surface area (Å²) in [5.74, 6) is 0.159. The van der Waals surface area contributed by atoms with Crippen LogP contribution < -0.4 is 5.32 Å². The number of likely N-dealkylation sites (tertiary alicyclic amines) is 1. The van der Waals surface area contributed by atoms with Crippen molar-refractivity contribution in [2.45, 2.75) is 30.1 Å². The Bertz CT molecular complexity index is 1260. The molecular weight excluding hydrogens is 478 g/mol. The van der Waals surface area contributed by atoms with Gasteiger partial charge in [-0.05, 0) is 66.6 Å². The molecule has 11 heteroatoms. The SMILES string of the molecule is CN[C@H]1CCN(Cc2csc(C#N)c2)C1=O.Cc1c(S(=O)(=O)O)sc2ccc(Cl)cc12. The van der Waals surface area contributed by atoms with Crippen LogP contribution in [0.4, 0.5) is 0 Å². The Morgan fingerprint density at radius 3 is 2.71 bits per heavy atom. The minimum absolute atomic E-state index is 0.0141. The van der Waals surface area contributed by atoms with E-state index in [1.54, 1.807) is 25.1 Å². The van der Waals surface area contributed by atoms with Gasteiger partial charge < -0.3 is 10.2 Å². The van der Waals surface area contributed by atoms with Gasteiger partial charge in [0.2, 0.25) is 5.91 Å². The molecule has 1 fully saturated rings. The quantitative estimate of drug-likeness (QED) is 0.526. The monoisotopic (exact) mass is 497 g/mol. The first-order valence-electron chi connectivity index (χ1n) is 9.23. The highest BCUT2D eigenvalue weighted by atomic mass is 35.5. The average molecular weight is 498 g/mol. The van der Waals surface area contributed by atoms with E-state index in [0.29, 0.717) is 22.0 Å². The summed E-state index contributed by atoms with van der Waals surface area (Å²) in [5, 5.41) is 15.0. The molecule has 3 aromatic rings. The summed E-state index contributed by atoms with van der Waals surface area (Å²) in [6.07, 6.45) is 0.866. The van der Waals surface area contributed by atoms with Crippen molar-refractivity contribution in [1.29, 1.82) is 5.26 Å². The van der Waals surface area contributed by atoms with Crippen LogP contribution in [0.5, 0.6) is 0 Å². The second-order valence-corrected chi connectivity index (χ2v) is 11.0. The smallest absolute Gasteiger partial charge is 0.304 e. The molecule has 0 spiro atoms. The molecule has 1 amide bonds. The number of nitrogens with zero attached hydrogens (tertiary/aromatic N) is 2. The van der Waals surface area contributed by atoms with Gasteiger partial charge in [-0.2, -0.15) is 13.7 Å². The highest BCUT2D eigenvalue weighted by molar-refractivity contribution is 7.88. The number of benzene rings is 1. The van der Waals surface area contributed by atoms with Gasteiger partial charge in [0.1, 0.15) is 10.9 Å². The van der Waals surface area contributed by atoms with Crippen LogP contribution in [0, 0.1) is 18.3 Å². The normalized spacial score (nSPS) is 16.3. The molecule has 0 unspecified atom stereocenters. The van der Waals surface area contributed by atoms with Gasteiger partial charge in [-0.3, -0.25) is 9.35 Å². The lowest BCUT2D eigenvalue weighted by Gasteiger charge is -2.15. The van der Waals surface area contributed by atoms with E-state index in [4.69, 9.17) is 21.4 Å². The molecule has 2 aromatic heterocycles. The third kappa shape index (κ3) is 5.44. The molecule has 2 N–H and O–H groups in total. The van der Waals surface area contributed by atoms with E-state index in [2.05, 4.69) is 11.4 Å². The molecule has 0 bridgehead atoms. The number of thiophene rings is 2. The number of aryl methyl sites for hydroxylation is 1. The van der Waals surface area contributed by atoms with Crippen LogP contribution in [-0.2, 0) is 21.5 Å². The number of amides is 1. The number of hydrogen-bond acceptors (Lipinski definition) is 7. The number of fused-ring (bicyclic) bond motifs is 1. The molecule has 1 atom stereocenters. The molecule has 4 rings (SSSR count). The fourth-order valence-electron chi connectivity index (χ4n) is 3.32. The highest BCUT2D eigenvalue weighted by Crippen LogP contribution is 2.35. The van der Waals surface area contributed by atoms with E-state index in [1.165, 1.54) is 11.3 Å². The van der Waals surface area contributed by atoms with Crippen molar-refractivity contribution in [3.8, 4) is 6.07 Å². The van der Waals surface area contributed by atoms with Crippen molar-refractivity contribution in [2.24, 2.45) is 0 Å². The number of carbonyl (C=O) groups is 1. The van der Waals surface area contributed by atoms with Crippen molar-refractivity contribution in [3.05, 3.63) is 50.7 Å². The lowest BCUT2D eigenvalue weighted by Crippen LogP contribution is -2.35. The Morgan fingerprint density at radius 2 is 2.13 bits per heavy atom. The summed E-state index contributed by atoms with van der Waals surface area (Å²) in [5.41, 5.74) is 1.59. The third-order valence-corrected chi connectivity index (χ3v) is 8.71. The van der Waals surface area contributed by atoms with Crippen molar-refractivity contribution in [1.82, 2.24) is 10.2 Å². The predicted molar refractivity (Wildman–Crippen MR) is 123 cm³/mol. The number of carbonyl (C=O) groups excluding carboxylic acids is 1. The summed E-state index contributed by atoms with van der Waals surface area (Å²) in [4.78, 5) is 14.4. The summed E-state index contributed by atoms with van der Waals surface area (Å²) in [6, 6.07) is 9.04. The zero-order chi connectivity index (χ0) is 22.8. The van der Waals surface area contributed by atoms with E-state index in [0.717, 1.165) is 40.0 Å². The molecule has 1 aliphatic heterocycles. The summed E-state index contributed by atoms with van der Waals surface area (Å²) >= 11 is 8.28. The number of rotatable bonds is 4. The zero-order valence-corrected chi connectivity index (χ0v) is 20.0. The van der Waals surface area contributed by atoms with Gasteiger partial charge in [-0.25, -0.2) is 0 Å². The molecule has 0 saturated carbocycles. The molecule has 31 heavy (non-hydrogen) atoms. The molecule has 1 aromatic carbocycles. The van der Waals surface area contributed by atoms with Crippen LogP contribution in [0.2, 0.25) is 5.02 Å².